The molecule has 0 N–H and O–H groups in total. The Morgan fingerprint density at radius 1 is 0.522 bits per heavy atom. The minimum absolute atomic E-state index is 1.32. The van der Waals surface area contributed by atoms with Crippen molar-refractivity contribution in [2.75, 3.05) is 0 Å². The molecule has 1 rings (SSSR count). The maximum atomic E-state index is 2.41. The second kappa shape index (κ2) is 15.2. The third kappa shape index (κ3) is 11.0. The summed E-state index contributed by atoms with van der Waals surface area (Å²) >= 11 is 1.92. The van der Waals surface area contributed by atoms with Crippen LogP contribution in [-0.4, -0.2) is 0 Å². The first-order valence-electron chi connectivity index (χ1n) is 10.4. The molecule has 0 aliphatic rings. The molecule has 0 saturated heterocycles. The zero-order chi connectivity index (χ0) is 16.6. The van der Waals surface area contributed by atoms with Crippen molar-refractivity contribution in [2.24, 2.45) is 0 Å². The predicted octanol–water partition coefficient (Wildman–Crippen LogP) is 8.33. The molecule has 0 atom stereocenters. The number of aryl methyl sites for hydroxylation is 2. The quantitative estimate of drug-likeness (QED) is 0.266. The van der Waals surface area contributed by atoms with E-state index in [4.69, 9.17) is 0 Å². The SMILES string of the molecule is CCCCCCCCCc1cscc1CCCCCCCCC. The Morgan fingerprint density at radius 2 is 0.870 bits per heavy atom. The number of unbranched alkanes of at least 4 members (excludes halogenated alkanes) is 12. The molecule has 0 aliphatic carbocycles. The van der Waals surface area contributed by atoms with E-state index < -0.39 is 0 Å². The lowest BCUT2D eigenvalue weighted by Gasteiger charge is -2.05. The van der Waals surface area contributed by atoms with E-state index in [9.17, 15) is 0 Å². The summed E-state index contributed by atoms with van der Waals surface area (Å²) in [5.74, 6) is 0. The van der Waals surface area contributed by atoms with Crippen molar-refractivity contribution in [3.05, 3.63) is 21.9 Å². The van der Waals surface area contributed by atoms with Crippen molar-refractivity contribution >= 4 is 11.3 Å². The monoisotopic (exact) mass is 336 g/mol. The number of rotatable bonds is 16. The van der Waals surface area contributed by atoms with Gasteiger partial charge >= 0.3 is 0 Å². The van der Waals surface area contributed by atoms with Crippen molar-refractivity contribution in [1.82, 2.24) is 0 Å². The maximum absolute atomic E-state index is 2.41. The first kappa shape index (κ1) is 20.7. The Hall–Kier alpha value is -0.300. The van der Waals surface area contributed by atoms with Gasteiger partial charge in [-0.05, 0) is 47.6 Å². The van der Waals surface area contributed by atoms with Crippen LogP contribution >= 0.6 is 11.3 Å². The summed E-state index contributed by atoms with van der Waals surface area (Å²) < 4.78 is 0. The lowest BCUT2D eigenvalue weighted by molar-refractivity contribution is 0.583. The second-order valence-electron chi connectivity index (χ2n) is 7.16. The summed E-state index contributed by atoms with van der Waals surface area (Å²) in [6, 6.07) is 0. The molecule has 1 heterocycles. The van der Waals surface area contributed by atoms with Gasteiger partial charge in [-0.1, -0.05) is 90.9 Å². The zero-order valence-corrected chi connectivity index (χ0v) is 16.7. The van der Waals surface area contributed by atoms with Gasteiger partial charge in [0.1, 0.15) is 0 Å². The largest absolute Gasteiger partial charge is 0.152 e. The maximum Gasteiger partial charge on any atom is -0.00584 e. The van der Waals surface area contributed by atoms with Gasteiger partial charge in [0.25, 0.3) is 0 Å². The van der Waals surface area contributed by atoms with Gasteiger partial charge < -0.3 is 0 Å². The van der Waals surface area contributed by atoms with Gasteiger partial charge in [-0.3, -0.25) is 0 Å². The summed E-state index contributed by atoms with van der Waals surface area (Å²) in [7, 11) is 0. The van der Waals surface area contributed by atoms with Crippen LogP contribution in [0.2, 0.25) is 0 Å². The first-order chi connectivity index (χ1) is 11.4. The molecular formula is C22H40S. The van der Waals surface area contributed by atoms with Gasteiger partial charge in [0.05, 0.1) is 0 Å². The number of thiophene rings is 1. The predicted molar refractivity (Wildman–Crippen MR) is 108 cm³/mol. The molecule has 0 radical (unpaired) electrons. The third-order valence-electron chi connectivity index (χ3n) is 4.93. The Kier molecular flexibility index (Phi) is 13.7. The van der Waals surface area contributed by atoms with E-state index >= 15 is 0 Å². The highest BCUT2D eigenvalue weighted by Gasteiger charge is 2.04. The van der Waals surface area contributed by atoms with Gasteiger partial charge in [-0.25, -0.2) is 0 Å². The van der Waals surface area contributed by atoms with E-state index in [0.717, 1.165) is 0 Å². The van der Waals surface area contributed by atoms with E-state index in [0.29, 0.717) is 0 Å². The fourth-order valence-corrected chi connectivity index (χ4v) is 4.27. The molecule has 0 amide bonds. The van der Waals surface area contributed by atoms with Crippen molar-refractivity contribution < 1.29 is 0 Å². The van der Waals surface area contributed by atoms with Crippen LogP contribution in [0.5, 0.6) is 0 Å². The van der Waals surface area contributed by atoms with Crippen molar-refractivity contribution in [3.63, 3.8) is 0 Å². The van der Waals surface area contributed by atoms with E-state index in [-0.39, 0.29) is 0 Å². The van der Waals surface area contributed by atoms with Crippen molar-refractivity contribution in [1.29, 1.82) is 0 Å². The molecule has 23 heavy (non-hydrogen) atoms. The van der Waals surface area contributed by atoms with Crippen molar-refractivity contribution in [2.45, 2.75) is 117 Å². The fourth-order valence-electron chi connectivity index (χ4n) is 3.33. The van der Waals surface area contributed by atoms with E-state index in [2.05, 4.69) is 24.6 Å². The standard InChI is InChI=1S/C22H40S/c1-3-5-7-9-11-13-15-17-21-19-23-20-22(21)18-16-14-12-10-8-6-4-2/h19-20H,3-18H2,1-2H3. The van der Waals surface area contributed by atoms with E-state index in [1.54, 1.807) is 11.1 Å². The molecule has 0 aromatic carbocycles. The van der Waals surface area contributed by atoms with Crippen LogP contribution in [0.25, 0.3) is 0 Å². The van der Waals surface area contributed by atoms with Crippen molar-refractivity contribution in [3.8, 4) is 0 Å². The molecule has 134 valence electrons. The van der Waals surface area contributed by atoms with Gasteiger partial charge in [0.15, 0.2) is 0 Å². The molecule has 0 fully saturated rings. The topological polar surface area (TPSA) is 0 Å². The lowest BCUT2D eigenvalue weighted by atomic mass is 10.00. The Labute approximate surface area is 150 Å². The molecule has 0 nitrogen and oxygen atoms in total. The average molecular weight is 337 g/mol. The van der Waals surface area contributed by atoms with Crippen LogP contribution in [0.15, 0.2) is 10.8 Å². The van der Waals surface area contributed by atoms with Gasteiger partial charge in [0.2, 0.25) is 0 Å². The Morgan fingerprint density at radius 3 is 1.26 bits per heavy atom. The smallest absolute Gasteiger partial charge is 0.00584 e. The highest BCUT2D eigenvalue weighted by molar-refractivity contribution is 7.08. The van der Waals surface area contributed by atoms with Gasteiger partial charge in [0, 0.05) is 0 Å². The number of hydrogen-bond donors (Lipinski definition) is 0. The fraction of sp³-hybridized carbons (Fsp3) is 0.818. The van der Waals surface area contributed by atoms with Crippen LogP contribution in [0.1, 0.15) is 115 Å². The third-order valence-corrected chi connectivity index (χ3v) is 5.77. The Balaban J connectivity index is 2.04. The summed E-state index contributed by atoms with van der Waals surface area (Å²) in [6.07, 6.45) is 22.5. The normalized spacial score (nSPS) is 11.2. The highest BCUT2D eigenvalue weighted by Crippen LogP contribution is 2.21. The minimum Gasteiger partial charge on any atom is -0.152 e. The van der Waals surface area contributed by atoms with Gasteiger partial charge in [-0.2, -0.15) is 11.3 Å². The van der Waals surface area contributed by atoms with Crippen LogP contribution in [0, 0.1) is 0 Å². The summed E-state index contributed by atoms with van der Waals surface area (Å²) in [5.41, 5.74) is 3.32. The lowest BCUT2D eigenvalue weighted by Crippen LogP contribution is -1.92. The molecule has 1 aromatic rings. The molecule has 1 heteroatoms. The minimum atomic E-state index is 1.32. The number of hydrogen-bond acceptors (Lipinski definition) is 1. The van der Waals surface area contributed by atoms with E-state index in [1.165, 1.54) is 103 Å². The molecule has 0 unspecified atom stereocenters. The Bertz CT molecular complexity index is 320. The summed E-state index contributed by atoms with van der Waals surface area (Å²) in [5, 5.41) is 4.82. The van der Waals surface area contributed by atoms with Crippen LogP contribution in [-0.2, 0) is 12.8 Å². The van der Waals surface area contributed by atoms with E-state index in [1.807, 2.05) is 11.3 Å². The van der Waals surface area contributed by atoms with Crippen LogP contribution in [0.3, 0.4) is 0 Å². The highest BCUT2D eigenvalue weighted by atomic mass is 32.1. The molecule has 1 aromatic heterocycles. The average Bonchev–Trinajstić information content (AvgIpc) is 3.00. The zero-order valence-electron chi connectivity index (χ0n) is 15.9. The van der Waals surface area contributed by atoms with Gasteiger partial charge in [-0.15, -0.1) is 0 Å². The summed E-state index contributed by atoms with van der Waals surface area (Å²) in [6.45, 7) is 4.59. The molecular weight excluding hydrogens is 296 g/mol. The molecule has 0 bridgehead atoms. The van der Waals surface area contributed by atoms with Crippen LogP contribution in [0.4, 0.5) is 0 Å². The molecule has 0 saturated carbocycles. The molecule has 0 spiro atoms. The first-order valence-corrected chi connectivity index (χ1v) is 11.4. The molecule has 0 aliphatic heterocycles. The second-order valence-corrected chi connectivity index (χ2v) is 7.91. The summed E-state index contributed by atoms with van der Waals surface area (Å²) in [4.78, 5) is 0. The van der Waals surface area contributed by atoms with Crippen LogP contribution < -0.4 is 0 Å².